The van der Waals surface area contributed by atoms with Crippen molar-refractivity contribution in [2.45, 2.75) is 13.8 Å². The van der Waals surface area contributed by atoms with Gasteiger partial charge in [0.2, 0.25) is 0 Å². The maximum Gasteiger partial charge on any atom is 0.161 e. The molecule has 2 N–H and O–H groups in total. The highest BCUT2D eigenvalue weighted by atomic mass is 16.5. The smallest absolute Gasteiger partial charge is 0.161 e. The number of pyridine rings is 1. The summed E-state index contributed by atoms with van der Waals surface area (Å²) in [5.41, 5.74) is 7.74. The lowest BCUT2D eigenvalue weighted by Crippen LogP contribution is -1.98. The molecule has 0 fully saturated rings. The van der Waals surface area contributed by atoms with E-state index in [1.54, 1.807) is 6.20 Å². The molecule has 2 rings (SSSR count). The van der Waals surface area contributed by atoms with Gasteiger partial charge in [-0.15, -0.1) is 0 Å². The third kappa shape index (κ3) is 3.16. The first-order chi connectivity index (χ1) is 9.24. The van der Waals surface area contributed by atoms with Gasteiger partial charge < -0.3 is 15.2 Å². The van der Waals surface area contributed by atoms with Gasteiger partial charge in [0.05, 0.1) is 13.2 Å². The van der Waals surface area contributed by atoms with Crippen LogP contribution in [0.25, 0.3) is 11.1 Å². The van der Waals surface area contributed by atoms with E-state index in [1.165, 1.54) is 0 Å². The normalized spacial score (nSPS) is 10.2. The van der Waals surface area contributed by atoms with E-state index < -0.39 is 0 Å². The fourth-order valence-electron chi connectivity index (χ4n) is 1.86. The van der Waals surface area contributed by atoms with Crippen molar-refractivity contribution in [1.29, 1.82) is 0 Å². The van der Waals surface area contributed by atoms with Gasteiger partial charge in [-0.3, -0.25) is 0 Å². The molecule has 1 aromatic carbocycles. The van der Waals surface area contributed by atoms with Crippen LogP contribution in [0, 0.1) is 0 Å². The molecule has 0 radical (unpaired) electrons. The number of hydrogen-bond donors (Lipinski definition) is 1. The fourth-order valence-corrected chi connectivity index (χ4v) is 1.86. The Balaban J connectivity index is 2.39. The van der Waals surface area contributed by atoms with E-state index in [0.717, 1.165) is 22.6 Å². The Morgan fingerprint density at radius 1 is 0.947 bits per heavy atom. The molecule has 0 saturated heterocycles. The quantitative estimate of drug-likeness (QED) is 0.895. The minimum Gasteiger partial charge on any atom is -0.490 e. The summed E-state index contributed by atoms with van der Waals surface area (Å²) in [6.07, 6.45) is 1.70. The molecule has 0 bridgehead atoms. The first-order valence-corrected chi connectivity index (χ1v) is 6.36. The third-order valence-electron chi connectivity index (χ3n) is 2.66. The number of nitrogen functional groups attached to an aromatic ring is 1. The molecule has 4 heteroatoms. The molecule has 0 saturated carbocycles. The Morgan fingerprint density at radius 3 is 2.32 bits per heavy atom. The molecule has 0 aliphatic heterocycles. The zero-order chi connectivity index (χ0) is 13.7. The topological polar surface area (TPSA) is 57.4 Å². The lowest BCUT2D eigenvalue weighted by atomic mass is 10.1. The Bertz CT molecular complexity index is 556. The van der Waals surface area contributed by atoms with Crippen LogP contribution in [0.5, 0.6) is 11.5 Å². The molecule has 100 valence electrons. The van der Waals surface area contributed by atoms with Crippen molar-refractivity contribution < 1.29 is 9.47 Å². The maximum absolute atomic E-state index is 5.70. The summed E-state index contributed by atoms with van der Waals surface area (Å²) in [5, 5.41) is 0. The second-order valence-electron chi connectivity index (χ2n) is 4.00. The van der Waals surface area contributed by atoms with Gasteiger partial charge in [-0.05, 0) is 49.2 Å². The van der Waals surface area contributed by atoms with Crippen LogP contribution in [-0.4, -0.2) is 18.2 Å². The number of aromatic nitrogens is 1. The van der Waals surface area contributed by atoms with Gasteiger partial charge in [0.1, 0.15) is 5.82 Å². The van der Waals surface area contributed by atoms with Crippen LogP contribution >= 0.6 is 0 Å². The Hall–Kier alpha value is -2.23. The standard InChI is InChI=1S/C15H18N2O2/c1-3-18-13-6-5-11(9-14(13)19-4-2)12-7-8-17-15(16)10-12/h5-10H,3-4H2,1-2H3,(H2,16,17). The van der Waals surface area contributed by atoms with E-state index in [0.29, 0.717) is 19.0 Å². The van der Waals surface area contributed by atoms with E-state index in [4.69, 9.17) is 15.2 Å². The monoisotopic (exact) mass is 258 g/mol. The number of rotatable bonds is 5. The molecule has 4 nitrogen and oxygen atoms in total. The number of hydrogen-bond acceptors (Lipinski definition) is 4. The predicted molar refractivity (Wildman–Crippen MR) is 76.4 cm³/mol. The average Bonchev–Trinajstić information content (AvgIpc) is 2.41. The van der Waals surface area contributed by atoms with E-state index >= 15 is 0 Å². The molecule has 0 amide bonds. The first-order valence-electron chi connectivity index (χ1n) is 6.36. The minimum atomic E-state index is 0.504. The average molecular weight is 258 g/mol. The minimum absolute atomic E-state index is 0.504. The Labute approximate surface area is 113 Å². The Kier molecular flexibility index (Phi) is 4.23. The predicted octanol–water partition coefficient (Wildman–Crippen LogP) is 3.13. The van der Waals surface area contributed by atoms with Crippen molar-refractivity contribution in [3.05, 3.63) is 36.5 Å². The van der Waals surface area contributed by atoms with Gasteiger partial charge in [0, 0.05) is 6.20 Å². The molecule has 0 atom stereocenters. The van der Waals surface area contributed by atoms with Crippen molar-refractivity contribution in [2.24, 2.45) is 0 Å². The molecular formula is C15H18N2O2. The maximum atomic E-state index is 5.70. The van der Waals surface area contributed by atoms with Crippen LogP contribution in [-0.2, 0) is 0 Å². The first kappa shape index (κ1) is 13.2. The third-order valence-corrected chi connectivity index (χ3v) is 2.66. The zero-order valence-electron chi connectivity index (χ0n) is 11.2. The van der Waals surface area contributed by atoms with E-state index in [1.807, 2.05) is 44.2 Å². The van der Waals surface area contributed by atoms with Crippen molar-refractivity contribution in [1.82, 2.24) is 4.98 Å². The summed E-state index contributed by atoms with van der Waals surface area (Å²) in [4.78, 5) is 3.99. The molecule has 1 heterocycles. The number of anilines is 1. The van der Waals surface area contributed by atoms with Crippen LogP contribution in [0.3, 0.4) is 0 Å². The van der Waals surface area contributed by atoms with Crippen molar-refractivity contribution in [3.63, 3.8) is 0 Å². The van der Waals surface area contributed by atoms with Gasteiger partial charge >= 0.3 is 0 Å². The lowest BCUT2D eigenvalue weighted by Gasteiger charge is -2.12. The molecule has 19 heavy (non-hydrogen) atoms. The van der Waals surface area contributed by atoms with Crippen LogP contribution < -0.4 is 15.2 Å². The van der Waals surface area contributed by atoms with Gasteiger partial charge in [0.15, 0.2) is 11.5 Å². The number of benzene rings is 1. The van der Waals surface area contributed by atoms with Gasteiger partial charge in [-0.25, -0.2) is 4.98 Å². The highest BCUT2D eigenvalue weighted by Crippen LogP contribution is 2.33. The summed E-state index contributed by atoms with van der Waals surface area (Å²) in [6.45, 7) is 5.11. The summed E-state index contributed by atoms with van der Waals surface area (Å²) in [6, 6.07) is 9.62. The molecule has 0 unspecified atom stereocenters. The van der Waals surface area contributed by atoms with Crippen molar-refractivity contribution in [3.8, 4) is 22.6 Å². The second-order valence-corrected chi connectivity index (χ2v) is 4.00. The van der Waals surface area contributed by atoms with Crippen molar-refractivity contribution in [2.75, 3.05) is 18.9 Å². The second kappa shape index (κ2) is 6.09. The molecule has 1 aromatic heterocycles. The highest BCUT2D eigenvalue weighted by Gasteiger charge is 2.07. The number of nitrogens with two attached hydrogens (primary N) is 1. The molecule has 0 aliphatic rings. The summed E-state index contributed by atoms with van der Waals surface area (Å²) >= 11 is 0. The largest absolute Gasteiger partial charge is 0.490 e. The SMILES string of the molecule is CCOc1ccc(-c2ccnc(N)c2)cc1OCC. The molecular weight excluding hydrogens is 240 g/mol. The number of ether oxygens (including phenoxy) is 2. The Morgan fingerprint density at radius 2 is 1.63 bits per heavy atom. The van der Waals surface area contributed by atoms with Gasteiger partial charge in [-0.1, -0.05) is 6.07 Å². The molecule has 0 spiro atoms. The fraction of sp³-hybridized carbons (Fsp3) is 0.267. The summed E-state index contributed by atoms with van der Waals surface area (Å²) in [7, 11) is 0. The van der Waals surface area contributed by atoms with E-state index in [9.17, 15) is 0 Å². The summed E-state index contributed by atoms with van der Waals surface area (Å²) in [5.74, 6) is 2.01. The van der Waals surface area contributed by atoms with Crippen molar-refractivity contribution >= 4 is 5.82 Å². The highest BCUT2D eigenvalue weighted by molar-refractivity contribution is 5.68. The number of nitrogens with zero attached hydrogens (tertiary/aromatic N) is 1. The van der Waals surface area contributed by atoms with Crippen LogP contribution in [0.4, 0.5) is 5.82 Å². The molecule has 0 aliphatic carbocycles. The van der Waals surface area contributed by atoms with Crippen LogP contribution in [0.15, 0.2) is 36.5 Å². The van der Waals surface area contributed by atoms with Crippen LogP contribution in [0.1, 0.15) is 13.8 Å². The molecule has 2 aromatic rings. The summed E-state index contributed by atoms with van der Waals surface area (Å²) < 4.78 is 11.2. The van der Waals surface area contributed by atoms with Crippen LogP contribution in [0.2, 0.25) is 0 Å². The van der Waals surface area contributed by atoms with Gasteiger partial charge in [0.25, 0.3) is 0 Å². The van der Waals surface area contributed by atoms with E-state index in [-0.39, 0.29) is 0 Å². The lowest BCUT2D eigenvalue weighted by molar-refractivity contribution is 0.288. The zero-order valence-corrected chi connectivity index (χ0v) is 11.2. The van der Waals surface area contributed by atoms with Gasteiger partial charge in [-0.2, -0.15) is 0 Å². The van der Waals surface area contributed by atoms with E-state index in [2.05, 4.69) is 4.98 Å².